The Balaban J connectivity index is 2.40. The fraction of sp³-hybridized carbons (Fsp3) is 0.250. The van der Waals surface area contributed by atoms with E-state index in [9.17, 15) is 9.59 Å². The first-order valence-corrected chi connectivity index (χ1v) is 5.49. The molecule has 94 valence electrons. The summed E-state index contributed by atoms with van der Waals surface area (Å²) in [6.45, 7) is 1.64. The molecule has 0 spiro atoms. The normalized spacial score (nSPS) is 10.3. The maximum atomic E-state index is 11.6. The van der Waals surface area contributed by atoms with E-state index in [-0.39, 0.29) is 12.5 Å². The number of nitrogens with zero attached hydrogens (tertiary/aromatic N) is 2. The fourth-order valence-electron chi connectivity index (χ4n) is 1.55. The molecule has 0 atom stereocenters. The number of carbonyl (C=O) groups excluding carboxylic acids is 1. The van der Waals surface area contributed by atoms with Gasteiger partial charge in [0.25, 0.3) is 0 Å². The summed E-state index contributed by atoms with van der Waals surface area (Å²) in [5.74, 6) is -0.116. The van der Waals surface area contributed by atoms with Crippen molar-refractivity contribution < 1.29 is 14.0 Å². The van der Waals surface area contributed by atoms with Crippen molar-refractivity contribution in [3.05, 3.63) is 46.4 Å². The topological polar surface area (TPSA) is 70.2 Å². The minimum Gasteiger partial charge on any atom is -0.335 e. The van der Waals surface area contributed by atoms with Crippen LogP contribution in [0, 0.1) is 0 Å². The molecule has 6 nitrogen and oxygen atoms in total. The minimum absolute atomic E-state index is 0.116. The molecule has 0 aliphatic carbocycles. The van der Waals surface area contributed by atoms with E-state index in [4.69, 9.17) is 4.52 Å². The molecule has 18 heavy (non-hydrogen) atoms. The summed E-state index contributed by atoms with van der Waals surface area (Å²) < 4.78 is 6.30. The van der Waals surface area contributed by atoms with Crippen molar-refractivity contribution in [1.82, 2.24) is 10.2 Å². The highest BCUT2D eigenvalue weighted by Gasteiger charge is 2.24. The lowest BCUT2D eigenvalue weighted by atomic mass is 10.3. The van der Waals surface area contributed by atoms with Crippen LogP contribution in [0.25, 0.3) is 5.69 Å². The molecular weight excluding hydrogens is 234 g/mol. The van der Waals surface area contributed by atoms with Crippen molar-refractivity contribution in [2.24, 2.45) is 0 Å². The smallest absolute Gasteiger partial charge is 0.335 e. The molecule has 1 aromatic heterocycles. The zero-order chi connectivity index (χ0) is 13.1. The van der Waals surface area contributed by atoms with E-state index in [1.54, 1.807) is 7.05 Å². The van der Waals surface area contributed by atoms with Crippen LogP contribution in [0.4, 0.5) is 0 Å². The lowest BCUT2D eigenvalue weighted by Crippen LogP contribution is -2.41. The number of aromatic amines is 1. The van der Waals surface area contributed by atoms with Crippen LogP contribution in [0.1, 0.15) is 12.6 Å². The molecule has 0 aliphatic rings. The monoisotopic (exact) mass is 248 g/mol. The van der Waals surface area contributed by atoms with Crippen LogP contribution >= 0.6 is 0 Å². The van der Waals surface area contributed by atoms with E-state index in [1.807, 2.05) is 30.3 Å². The minimum atomic E-state index is -0.480. The Morgan fingerprint density at radius 1 is 1.39 bits per heavy atom. The van der Waals surface area contributed by atoms with Crippen LogP contribution < -0.4 is 10.3 Å². The lowest BCUT2D eigenvalue weighted by Gasteiger charge is -2.09. The summed E-state index contributed by atoms with van der Waals surface area (Å²) in [6, 6.07) is 9.26. The van der Waals surface area contributed by atoms with Crippen LogP contribution in [0.5, 0.6) is 0 Å². The molecule has 0 fully saturated rings. The SMILES string of the molecule is CC(=O)N(C)Cc1c(=O)o[nH][n+]1-c1ccccc1. The molecule has 0 saturated heterocycles. The number of aromatic nitrogens is 2. The second-order valence-corrected chi connectivity index (χ2v) is 3.97. The third-order valence-electron chi connectivity index (χ3n) is 2.67. The van der Waals surface area contributed by atoms with Crippen molar-refractivity contribution in [3.8, 4) is 5.69 Å². The Morgan fingerprint density at radius 3 is 2.67 bits per heavy atom. The Bertz CT molecular complexity index is 601. The highest BCUT2D eigenvalue weighted by atomic mass is 16.5. The molecule has 0 aliphatic heterocycles. The van der Waals surface area contributed by atoms with Gasteiger partial charge in [0.2, 0.25) is 11.6 Å². The zero-order valence-electron chi connectivity index (χ0n) is 10.2. The number of carbonyl (C=O) groups is 1. The number of rotatable bonds is 3. The van der Waals surface area contributed by atoms with E-state index in [0.717, 1.165) is 5.69 Å². The average Bonchev–Trinajstić information content (AvgIpc) is 2.72. The van der Waals surface area contributed by atoms with Crippen LogP contribution in [0.15, 0.2) is 39.6 Å². The number of amides is 1. The van der Waals surface area contributed by atoms with Crippen molar-refractivity contribution in [2.45, 2.75) is 13.5 Å². The number of nitrogens with one attached hydrogen (secondary N) is 1. The van der Waals surface area contributed by atoms with Gasteiger partial charge in [0.05, 0.1) is 0 Å². The predicted molar refractivity (Wildman–Crippen MR) is 63.0 cm³/mol. The van der Waals surface area contributed by atoms with Gasteiger partial charge in [-0.2, -0.15) is 0 Å². The maximum Gasteiger partial charge on any atom is 0.432 e. The Kier molecular flexibility index (Phi) is 3.27. The van der Waals surface area contributed by atoms with Gasteiger partial charge in [0.1, 0.15) is 6.54 Å². The molecule has 0 saturated carbocycles. The van der Waals surface area contributed by atoms with E-state index in [0.29, 0.717) is 5.69 Å². The second kappa shape index (κ2) is 4.87. The number of para-hydroxylation sites is 1. The van der Waals surface area contributed by atoms with Gasteiger partial charge >= 0.3 is 11.3 Å². The molecule has 0 unspecified atom stereocenters. The summed E-state index contributed by atoms with van der Waals surface area (Å²) in [5, 5.41) is 2.53. The quantitative estimate of drug-likeness (QED) is 0.790. The van der Waals surface area contributed by atoms with Crippen molar-refractivity contribution in [1.29, 1.82) is 0 Å². The number of benzene rings is 1. The lowest BCUT2D eigenvalue weighted by molar-refractivity contribution is -0.678. The average molecular weight is 248 g/mol. The Hall–Kier alpha value is -2.37. The van der Waals surface area contributed by atoms with Gasteiger partial charge in [-0.3, -0.25) is 9.32 Å². The standard InChI is InChI=1S/C12H13N3O3/c1-9(16)14(2)8-11-12(17)18-13-15(11)10-6-4-3-5-7-10/h3-7H,8H2,1-2H3/p+1. The van der Waals surface area contributed by atoms with Crippen LogP contribution in [-0.2, 0) is 11.3 Å². The maximum absolute atomic E-state index is 11.6. The number of hydrogen-bond acceptors (Lipinski definition) is 3. The van der Waals surface area contributed by atoms with Gasteiger partial charge in [-0.25, -0.2) is 4.79 Å². The molecular formula is C12H14N3O3+. The first-order chi connectivity index (χ1) is 8.59. The van der Waals surface area contributed by atoms with E-state index >= 15 is 0 Å². The van der Waals surface area contributed by atoms with Gasteiger partial charge in [0, 0.05) is 26.1 Å². The van der Waals surface area contributed by atoms with Crippen LogP contribution in [0.3, 0.4) is 0 Å². The molecule has 1 N–H and O–H groups in total. The molecule has 1 aromatic carbocycles. The van der Waals surface area contributed by atoms with Gasteiger partial charge in [-0.1, -0.05) is 18.2 Å². The Labute approximate surface area is 103 Å². The van der Waals surface area contributed by atoms with E-state index < -0.39 is 5.63 Å². The molecule has 1 heterocycles. The fourth-order valence-corrected chi connectivity index (χ4v) is 1.55. The highest BCUT2D eigenvalue weighted by molar-refractivity contribution is 5.72. The summed E-state index contributed by atoms with van der Waals surface area (Å²) in [7, 11) is 1.63. The summed E-state index contributed by atoms with van der Waals surface area (Å²) >= 11 is 0. The third kappa shape index (κ3) is 2.32. The Morgan fingerprint density at radius 2 is 2.06 bits per heavy atom. The molecule has 1 amide bonds. The van der Waals surface area contributed by atoms with Crippen molar-refractivity contribution in [3.63, 3.8) is 0 Å². The first-order valence-electron chi connectivity index (χ1n) is 5.49. The van der Waals surface area contributed by atoms with Crippen molar-refractivity contribution >= 4 is 5.91 Å². The first kappa shape index (κ1) is 12.1. The summed E-state index contributed by atoms with van der Waals surface area (Å²) in [5.41, 5.74) is 0.668. The largest absolute Gasteiger partial charge is 0.432 e. The van der Waals surface area contributed by atoms with Gasteiger partial charge in [0.15, 0.2) is 0 Å². The highest BCUT2D eigenvalue weighted by Crippen LogP contribution is 1.99. The second-order valence-electron chi connectivity index (χ2n) is 3.97. The summed E-state index contributed by atoms with van der Waals surface area (Å²) in [6.07, 6.45) is 0. The zero-order valence-corrected chi connectivity index (χ0v) is 10.2. The summed E-state index contributed by atoms with van der Waals surface area (Å²) in [4.78, 5) is 24.3. The molecule has 2 rings (SSSR count). The van der Waals surface area contributed by atoms with Crippen LogP contribution in [-0.4, -0.2) is 23.1 Å². The number of H-pyrrole nitrogens is 1. The molecule has 0 radical (unpaired) electrons. The predicted octanol–water partition coefficient (Wildman–Crippen LogP) is 0.223. The van der Waals surface area contributed by atoms with E-state index in [2.05, 4.69) is 5.27 Å². The van der Waals surface area contributed by atoms with Crippen molar-refractivity contribution in [2.75, 3.05) is 7.05 Å². The molecule has 2 aromatic rings. The van der Waals surface area contributed by atoms with Gasteiger partial charge < -0.3 is 4.90 Å². The van der Waals surface area contributed by atoms with Crippen LogP contribution in [0.2, 0.25) is 0 Å². The van der Waals surface area contributed by atoms with E-state index in [1.165, 1.54) is 16.5 Å². The van der Waals surface area contributed by atoms with Gasteiger partial charge in [-0.05, 0) is 9.95 Å². The third-order valence-corrected chi connectivity index (χ3v) is 2.67. The molecule has 6 heteroatoms. The number of hydrogen-bond donors (Lipinski definition) is 1. The van der Waals surface area contributed by atoms with Gasteiger partial charge in [-0.15, -0.1) is 0 Å². The molecule has 0 bridgehead atoms.